The third kappa shape index (κ3) is 3.14. The van der Waals surface area contributed by atoms with E-state index in [0.29, 0.717) is 17.7 Å². The van der Waals surface area contributed by atoms with Gasteiger partial charge in [0.2, 0.25) is 0 Å². The summed E-state index contributed by atoms with van der Waals surface area (Å²) in [6.45, 7) is 1.63. The zero-order chi connectivity index (χ0) is 14.5. The number of benzene rings is 2. The number of para-hydroxylation sites is 1. The summed E-state index contributed by atoms with van der Waals surface area (Å²) in [5, 5.41) is 9.89. The Kier molecular flexibility index (Phi) is 4.69. The highest BCUT2D eigenvalue weighted by Gasteiger charge is 2.13. The second-order valence-electron chi connectivity index (χ2n) is 4.45. The van der Waals surface area contributed by atoms with Crippen LogP contribution < -0.4 is 4.74 Å². The highest BCUT2D eigenvalue weighted by molar-refractivity contribution is 5.35. The largest absolute Gasteiger partial charge is 0.488 e. The summed E-state index contributed by atoms with van der Waals surface area (Å²) in [6.07, 6.45) is -0.120. The van der Waals surface area contributed by atoms with E-state index in [1.165, 1.54) is 18.2 Å². The molecule has 2 aromatic carbocycles. The molecule has 0 heterocycles. The molecule has 1 atom stereocenters. The van der Waals surface area contributed by atoms with Gasteiger partial charge < -0.3 is 9.84 Å². The number of ether oxygens (including phenoxy) is 1. The lowest BCUT2D eigenvalue weighted by Crippen LogP contribution is -2.05. The van der Waals surface area contributed by atoms with Crippen molar-refractivity contribution in [1.29, 1.82) is 0 Å². The van der Waals surface area contributed by atoms with Crippen LogP contribution in [0.2, 0.25) is 0 Å². The van der Waals surface area contributed by atoms with Crippen LogP contribution in [0.3, 0.4) is 0 Å². The lowest BCUT2D eigenvalue weighted by molar-refractivity contribution is 0.166. The Bertz CT molecular complexity index is 564. The summed E-state index contributed by atoms with van der Waals surface area (Å²) in [6, 6.07) is 10.6. The molecule has 0 aliphatic heterocycles. The van der Waals surface area contributed by atoms with E-state index in [9.17, 15) is 13.9 Å². The van der Waals surface area contributed by atoms with E-state index in [2.05, 4.69) is 0 Å². The molecule has 0 unspecified atom stereocenters. The monoisotopic (exact) mass is 278 g/mol. The van der Waals surface area contributed by atoms with E-state index in [1.807, 2.05) is 6.92 Å². The van der Waals surface area contributed by atoms with Crippen LogP contribution in [0.4, 0.5) is 8.78 Å². The molecule has 0 fully saturated rings. The van der Waals surface area contributed by atoms with Crippen LogP contribution in [0.5, 0.6) is 5.75 Å². The van der Waals surface area contributed by atoms with Crippen molar-refractivity contribution >= 4 is 0 Å². The average molecular weight is 278 g/mol. The smallest absolute Gasteiger partial charge is 0.132 e. The van der Waals surface area contributed by atoms with Crippen LogP contribution in [0.1, 0.15) is 30.6 Å². The van der Waals surface area contributed by atoms with E-state index in [-0.39, 0.29) is 12.2 Å². The first-order valence-electron chi connectivity index (χ1n) is 6.46. The molecule has 4 heteroatoms. The minimum Gasteiger partial charge on any atom is -0.488 e. The molecule has 0 saturated carbocycles. The molecule has 1 N–H and O–H groups in total. The van der Waals surface area contributed by atoms with E-state index in [4.69, 9.17) is 4.74 Å². The molecule has 0 spiro atoms. The number of hydrogen-bond donors (Lipinski definition) is 1. The summed E-state index contributed by atoms with van der Waals surface area (Å²) in [4.78, 5) is 0. The molecular formula is C16H16F2O2. The van der Waals surface area contributed by atoms with Gasteiger partial charge >= 0.3 is 0 Å². The van der Waals surface area contributed by atoms with Gasteiger partial charge in [-0.25, -0.2) is 8.78 Å². The molecule has 2 aromatic rings. The predicted molar refractivity (Wildman–Crippen MR) is 72.4 cm³/mol. The van der Waals surface area contributed by atoms with E-state index >= 15 is 0 Å². The van der Waals surface area contributed by atoms with Crippen LogP contribution in [0.25, 0.3) is 0 Å². The summed E-state index contributed by atoms with van der Waals surface area (Å²) >= 11 is 0. The van der Waals surface area contributed by atoms with Crippen molar-refractivity contribution in [3.63, 3.8) is 0 Å². The molecule has 20 heavy (non-hydrogen) atoms. The van der Waals surface area contributed by atoms with E-state index in [1.54, 1.807) is 24.3 Å². The van der Waals surface area contributed by atoms with Crippen LogP contribution in [-0.4, -0.2) is 5.11 Å². The van der Waals surface area contributed by atoms with Gasteiger partial charge in [-0.2, -0.15) is 0 Å². The fourth-order valence-electron chi connectivity index (χ4n) is 1.93. The Labute approximate surface area is 116 Å². The van der Waals surface area contributed by atoms with Gasteiger partial charge in [0.25, 0.3) is 0 Å². The van der Waals surface area contributed by atoms with Gasteiger partial charge in [0.05, 0.1) is 11.7 Å². The minimum atomic E-state index is -0.656. The van der Waals surface area contributed by atoms with Gasteiger partial charge in [0.1, 0.15) is 24.0 Å². The van der Waals surface area contributed by atoms with Crippen LogP contribution in [0, 0.1) is 11.6 Å². The van der Waals surface area contributed by atoms with Gasteiger partial charge in [-0.05, 0) is 24.6 Å². The lowest BCUT2D eigenvalue weighted by atomic mass is 10.1. The molecule has 0 aromatic heterocycles. The first kappa shape index (κ1) is 14.5. The van der Waals surface area contributed by atoms with Crippen LogP contribution in [-0.2, 0) is 6.61 Å². The highest BCUT2D eigenvalue weighted by Crippen LogP contribution is 2.28. The Morgan fingerprint density at radius 3 is 2.35 bits per heavy atom. The van der Waals surface area contributed by atoms with Crippen LogP contribution in [0.15, 0.2) is 42.5 Å². The maximum absolute atomic E-state index is 13.5. The molecule has 0 saturated heterocycles. The molecule has 0 aliphatic rings. The van der Waals surface area contributed by atoms with Gasteiger partial charge in [-0.1, -0.05) is 31.2 Å². The summed E-state index contributed by atoms with van der Waals surface area (Å²) in [7, 11) is 0. The quantitative estimate of drug-likeness (QED) is 0.896. The average Bonchev–Trinajstić information content (AvgIpc) is 2.46. The van der Waals surface area contributed by atoms with Gasteiger partial charge in [-0.15, -0.1) is 0 Å². The molecule has 0 aliphatic carbocycles. The van der Waals surface area contributed by atoms with Crippen molar-refractivity contribution in [3.05, 3.63) is 65.2 Å². The summed E-state index contributed by atoms with van der Waals surface area (Å²) in [5.41, 5.74) is 0.500. The van der Waals surface area contributed by atoms with Gasteiger partial charge in [0.15, 0.2) is 0 Å². The van der Waals surface area contributed by atoms with Crippen LogP contribution >= 0.6 is 0 Å². The summed E-state index contributed by atoms with van der Waals surface area (Å²) in [5.74, 6) is -0.846. The Morgan fingerprint density at radius 1 is 1.05 bits per heavy atom. The van der Waals surface area contributed by atoms with Crippen molar-refractivity contribution in [1.82, 2.24) is 0 Å². The molecule has 0 radical (unpaired) electrons. The maximum atomic E-state index is 13.5. The standard InChI is InChI=1S/C16H16F2O2/c1-2-15(19)11-6-3-4-9-16(11)20-10-12-13(17)7-5-8-14(12)18/h3-9,15,19H,2,10H2,1H3/t15-/m0/s1. The minimum absolute atomic E-state index is 0.117. The zero-order valence-electron chi connectivity index (χ0n) is 11.1. The number of hydrogen-bond acceptors (Lipinski definition) is 2. The molecule has 106 valence electrons. The third-order valence-corrected chi connectivity index (χ3v) is 3.10. The van der Waals surface area contributed by atoms with Gasteiger partial charge in [-0.3, -0.25) is 0 Å². The molecule has 0 amide bonds. The highest BCUT2D eigenvalue weighted by atomic mass is 19.1. The van der Waals surface area contributed by atoms with E-state index in [0.717, 1.165) is 0 Å². The normalized spacial score (nSPS) is 12.2. The topological polar surface area (TPSA) is 29.5 Å². The third-order valence-electron chi connectivity index (χ3n) is 3.10. The Hall–Kier alpha value is -1.94. The zero-order valence-corrected chi connectivity index (χ0v) is 11.1. The fraction of sp³-hybridized carbons (Fsp3) is 0.250. The first-order valence-corrected chi connectivity index (χ1v) is 6.46. The molecule has 2 nitrogen and oxygen atoms in total. The van der Waals surface area contributed by atoms with Crippen molar-refractivity contribution in [3.8, 4) is 5.75 Å². The number of aliphatic hydroxyl groups excluding tert-OH is 1. The van der Waals surface area contributed by atoms with Crippen molar-refractivity contribution in [2.24, 2.45) is 0 Å². The molecule has 0 bridgehead atoms. The summed E-state index contributed by atoms with van der Waals surface area (Å²) < 4.78 is 32.5. The SMILES string of the molecule is CC[C@H](O)c1ccccc1OCc1c(F)cccc1F. The Morgan fingerprint density at radius 2 is 1.70 bits per heavy atom. The van der Waals surface area contributed by atoms with Crippen molar-refractivity contribution < 1.29 is 18.6 Å². The first-order chi connectivity index (χ1) is 9.63. The second kappa shape index (κ2) is 6.48. The number of rotatable bonds is 5. The number of halogens is 2. The van der Waals surface area contributed by atoms with Crippen molar-refractivity contribution in [2.45, 2.75) is 26.1 Å². The Balaban J connectivity index is 2.19. The fourth-order valence-corrected chi connectivity index (χ4v) is 1.93. The van der Waals surface area contributed by atoms with E-state index < -0.39 is 17.7 Å². The van der Waals surface area contributed by atoms with Gasteiger partial charge in [0, 0.05) is 5.56 Å². The maximum Gasteiger partial charge on any atom is 0.132 e. The molecule has 2 rings (SSSR count). The second-order valence-corrected chi connectivity index (χ2v) is 4.45. The number of aliphatic hydroxyl groups is 1. The van der Waals surface area contributed by atoms with Crippen molar-refractivity contribution in [2.75, 3.05) is 0 Å². The molecular weight excluding hydrogens is 262 g/mol. The lowest BCUT2D eigenvalue weighted by Gasteiger charge is -2.15. The predicted octanol–water partition coefficient (Wildman–Crippen LogP) is 3.99.